The molecule has 1 aromatic rings. The summed E-state index contributed by atoms with van der Waals surface area (Å²) in [5, 5.41) is 8.74. The highest BCUT2D eigenvalue weighted by molar-refractivity contribution is 5.91. The molecule has 1 saturated carbocycles. The molecule has 1 fully saturated rings. The van der Waals surface area contributed by atoms with Crippen LogP contribution in [0.15, 0.2) is 24.3 Å². The van der Waals surface area contributed by atoms with Gasteiger partial charge in [-0.2, -0.15) is 13.2 Å². The summed E-state index contributed by atoms with van der Waals surface area (Å²) in [5.41, 5.74) is -1.36. The molecule has 1 N–H and O–H groups in total. The van der Waals surface area contributed by atoms with Crippen LogP contribution in [0.25, 0.3) is 0 Å². The molecule has 0 aromatic heterocycles. The number of alkyl halides is 3. The van der Waals surface area contributed by atoms with Gasteiger partial charge < -0.3 is 10.0 Å². The monoisotopic (exact) mass is 329 g/mol. The second-order valence-electron chi connectivity index (χ2n) is 5.69. The van der Waals surface area contributed by atoms with Crippen molar-refractivity contribution in [3.63, 3.8) is 0 Å². The minimum atomic E-state index is -4.46. The number of carbonyl (C=O) groups excluding carboxylic acids is 1. The Balaban J connectivity index is 2.24. The summed E-state index contributed by atoms with van der Waals surface area (Å²) in [6.07, 6.45) is -3.67. The molecule has 1 amide bonds. The van der Waals surface area contributed by atoms with Gasteiger partial charge >= 0.3 is 12.1 Å². The van der Waals surface area contributed by atoms with Crippen LogP contribution in [0.2, 0.25) is 0 Å². The lowest BCUT2D eigenvalue weighted by Gasteiger charge is -2.26. The molecule has 1 aliphatic carbocycles. The van der Waals surface area contributed by atoms with Crippen molar-refractivity contribution in [2.24, 2.45) is 0 Å². The highest BCUT2D eigenvalue weighted by atomic mass is 19.4. The van der Waals surface area contributed by atoms with Gasteiger partial charge in [-0.3, -0.25) is 9.59 Å². The fraction of sp³-hybridized carbons (Fsp3) is 0.500. The van der Waals surface area contributed by atoms with Crippen molar-refractivity contribution < 1.29 is 27.9 Å². The zero-order valence-corrected chi connectivity index (χ0v) is 12.7. The molecular weight excluding hydrogens is 311 g/mol. The van der Waals surface area contributed by atoms with Crippen LogP contribution in [-0.4, -0.2) is 35.0 Å². The van der Waals surface area contributed by atoms with Crippen molar-refractivity contribution in [1.82, 2.24) is 4.90 Å². The van der Waals surface area contributed by atoms with Gasteiger partial charge in [0, 0.05) is 13.1 Å². The summed E-state index contributed by atoms with van der Waals surface area (Å²) in [4.78, 5) is 24.8. The maximum atomic E-state index is 12.9. The Morgan fingerprint density at radius 3 is 2.43 bits per heavy atom. The molecular formula is C16H18F3NO3. The van der Waals surface area contributed by atoms with Crippen LogP contribution in [0, 0.1) is 0 Å². The number of carboxylic acids is 1. The fourth-order valence-corrected chi connectivity index (χ4v) is 2.68. The number of benzene rings is 1. The third kappa shape index (κ3) is 3.65. The zero-order valence-electron chi connectivity index (χ0n) is 12.7. The van der Waals surface area contributed by atoms with Gasteiger partial charge in [0.05, 0.1) is 17.4 Å². The molecule has 126 valence electrons. The lowest BCUT2D eigenvalue weighted by molar-refractivity contribution is -0.140. The second-order valence-corrected chi connectivity index (χ2v) is 5.69. The molecule has 4 nitrogen and oxygen atoms in total. The summed E-state index contributed by atoms with van der Waals surface area (Å²) in [6, 6.07) is 4.84. The summed E-state index contributed by atoms with van der Waals surface area (Å²) < 4.78 is 38.6. The highest BCUT2D eigenvalue weighted by Crippen LogP contribution is 2.50. The maximum Gasteiger partial charge on any atom is 0.416 e. The van der Waals surface area contributed by atoms with Crippen LogP contribution in [0.3, 0.4) is 0 Å². The Kier molecular flexibility index (Phi) is 4.68. The van der Waals surface area contributed by atoms with Gasteiger partial charge in [0.25, 0.3) is 0 Å². The number of rotatable bonds is 6. The van der Waals surface area contributed by atoms with Crippen LogP contribution in [-0.2, 0) is 21.2 Å². The van der Waals surface area contributed by atoms with E-state index in [1.807, 2.05) is 0 Å². The Labute approximate surface area is 131 Å². The fourth-order valence-electron chi connectivity index (χ4n) is 2.68. The number of carboxylic acid groups (broad SMARTS) is 1. The molecule has 0 spiro atoms. The van der Waals surface area contributed by atoms with Gasteiger partial charge in [-0.15, -0.1) is 0 Å². The SMILES string of the molecule is CCN(CCC(=O)O)C(=O)C1(c2cccc(C(F)(F)F)c2)CC1. The number of amides is 1. The third-order valence-corrected chi connectivity index (χ3v) is 4.17. The minimum absolute atomic E-state index is 0.0609. The molecule has 23 heavy (non-hydrogen) atoms. The van der Waals surface area contributed by atoms with E-state index in [1.165, 1.54) is 17.0 Å². The summed E-state index contributed by atoms with van der Waals surface area (Å²) in [6.45, 7) is 2.11. The van der Waals surface area contributed by atoms with Gasteiger partial charge in [0.2, 0.25) is 5.91 Å². The van der Waals surface area contributed by atoms with E-state index in [4.69, 9.17) is 5.11 Å². The molecule has 0 unspecified atom stereocenters. The van der Waals surface area contributed by atoms with Crippen molar-refractivity contribution in [2.45, 2.75) is 37.8 Å². The predicted molar refractivity (Wildman–Crippen MR) is 76.9 cm³/mol. The first-order valence-electron chi connectivity index (χ1n) is 7.39. The molecule has 7 heteroatoms. The Hall–Kier alpha value is -2.05. The molecule has 0 heterocycles. The van der Waals surface area contributed by atoms with Crippen LogP contribution in [0.5, 0.6) is 0 Å². The number of hydrogen-bond donors (Lipinski definition) is 1. The average Bonchev–Trinajstić information content (AvgIpc) is 3.28. The molecule has 0 atom stereocenters. The molecule has 1 aliphatic rings. The largest absolute Gasteiger partial charge is 0.481 e. The predicted octanol–water partition coefficient (Wildman–Crippen LogP) is 3.06. The molecule has 0 radical (unpaired) electrons. The van der Waals surface area contributed by atoms with Gasteiger partial charge in [-0.25, -0.2) is 0 Å². The number of hydrogen-bond acceptors (Lipinski definition) is 2. The van der Waals surface area contributed by atoms with Gasteiger partial charge in [-0.05, 0) is 31.4 Å². The number of nitrogens with zero attached hydrogens (tertiary/aromatic N) is 1. The minimum Gasteiger partial charge on any atom is -0.481 e. The number of halogens is 3. The van der Waals surface area contributed by atoms with Crippen molar-refractivity contribution in [1.29, 1.82) is 0 Å². The number of aliphatic carboxylic acids is 1. The molecule has 0 aliphatic heterocycles. The van der Waals surface area contributed by atoms with Gasteiger partial charge in [0.15, 0.2) is 0 Å². The number of likely N-dealkylation sites (N-methyl/N-ethyl adjacent to an activating group) is 1. The van der Waals surface area contributed by atoms with Crippen LogP contribution in [0.1, 0.15) is 37.3 Å². The van der Waals surface area contributed by atoms with Crippen LogP contribution < -0.4 is 0 Å². The van der Waals surface area contributed by atoms with E-state index in [0.29, 0.717) is 24.9 Å². The Morgan fingerprint density at radius 2 is 1.96 bits per heavy atom. The van der Waals surface area contributed by atoms with Gasteiger partial charge in [-0.1, -0.05) is 18.2 Å². The van der Waals surface area contributed by atoms with E-state index in [9.17, 15) is 22.8 Å². The molecule has 0 saturated heterocycles. The first-order chi connectivity index (χ1) is 10.7. The normalized spacial score (nSPS) is 16.0. The maximum absolute atomic E-state index is 12.9. The lowest BCUT2D eigenvalue weighted by atomic mass is 9.92. The van der Waals surface area contributed by atoms with Gasteiger partial charge in [0.1, 0.15) is 0 Å². The third-order valence-electron chi connectivity index (χ3n) is 4.17. The zero-order chi connectivity index (χ0) is 17.3. The summed E-state index contributed by atoms with van der Waals surface area (Å²) >= 11 is 0. The van der Waals surface area contributed by atoms with Crippen LogP contribution in [0.4, 0.5) is 13.2 Å². The van der Waals surface area contributed by atoms with E-state index in [-0.39, 0.29) is 18.9 Å². The molecule has 2 rings (SSSR count). The lowest BCUT2D eigenvalue weighted by Crippen LogP contribution is -2.40. The topological polar surface area (TPSA) is 57.6 Å². The van der Waals surface area contributed by atoms with E-state index in [0.717, 1.165) is 12.1 Å². The van der Waals surface area contributed by atoms with Crippen LogP contribution >= 0.6 is 0 Å². The van der Waals surface area contributed by atoms with Crippen molar-refractivity contribution in [3.8, 4) is 0 Å². The first-order valence-corrected chi connectivity index (χ1v) is 7.39. The summed E-state index contributed by atoms with van der Waals surface area (Å²) in [7, 11) is 0. The Morgan fingerprint density at radius 1 is 1.30 bits per heavy atom. The first kappa shape index (κ1) is 17.3. The van der Waals surface area contributed by atoms with Crippen molar-refractivity contribution in [2.75, 3.05) is 13.1 Å². The molecule has 1 aromatic carbocycles. The second kappa shape index (κ2) is 6.22. The van der Waals surface area contributed by atoms with E-state index in [1.54, 1.807) is 6.92 Å². The summed E-state index contributed by atoms with van der Waals surface area (Å²) in [5.74, 6) is -1.30. The number of carbonyl (C=O) groups is 2. The van der Waals surface area contributed by atoms with Crippen molar-refractivity contribution in [3.05, 3.63) is 35.4 Å². The quantitative estimate of drug-likeness (QED) is 0.873. The smallest absolute Gasteiger partial charge is 0.416 e. The van der Waals surface area contributed by atoms with E-state index in [2.05, 4.69) is 0 Å². The van der Waals surface area contributed by atoms with E-state index >= 15 is 0 Å². The average molecular weight is 329 g/mol. The van der Waals surface area contributed by atoms with E-state index < -0.39 is 23.1 Å². The Bertz CT molecular complexity index is 609. The van der Waals surface area contributed by atoms with Crippen molar-refractivity contribution >= 4 is 11.9 Å². The molecule has 0 bridgehead atoms. The standard InChI is InChI=1S/C16H18F3NO3/c1-2-20(9-6-13(21)22)14(23)15(7-8-15)11-4-3-5-12(10-11)16(17,18)19/h3-5,10H,2,6-9H2,1H3,(H,21,22). The highest BCUT2D eigenvalue weighted by Gasteiger charge is 2.53.